The molecule has 33 heavy (non-hydrogen) atoms. The number of hydrogen-bond acceptors (Lipinski definition) is 5. The predicted octanol–water partition coefficient (Wildman–Crippen LogP) is 3.55. The van der Waals surface area contributed by atoms with Crippen LogP contribution in [0.1, 0.15) is 27.7 Å². The average molecular weight is 443 g/mol. The summed E-state index contributed by atoms with van der Waals surface area (Å²) in [6.45, 7) is 4.47. The van der Waals surface area contributed by atoms with E-state index in [-0.39, 0.29) is 11.9 Å². The lowest BCUT2D eigenvalue weighted by Gasteiger charge is -2.38. The van der Waals surface area contributed by atoms with Crippen LogP contribution in [0.3, 0.4) is 0 Å². The first kappa shape index (κ1) is 21.6. The van der Waals surface area contributed by atoms with E-state index in [2.05, 4.69) is 40.1 Å². The van der Waals surface area contributed by atoms with Crippen LogP contribution in [0.2, 0.25) is 0 Å². The molecule has 1 fully saturated rings. The highest BCUT2D eigenvalue weighted by molar-refractivity contribution is 5.94. The maximum atomic E-state index is 13.2. The average Bonchev–Trinajstić information content (AvgIpc) is 3.18. The summed E-state index contributed by atoms with van der Waals surface area (Å²) in [6.07, 6.45) is 1.88. The second-order valence-electron chi connectivity index (χ2n) is 8.93. The molecule has 0 saturated carbocycles. The molecule has 1 atom stereocenters. The summed E-state index contributed by atoms with van der Waals surface area (Å²) in [4.78, 5) is 24.4. The lowest BCUT2D eigenvalue weighted by atomic mass is 10.0. The number of likely N-dealkylation sites (N-methyl/N-ethyl adjacent to an activating group) is 1. The van der Waals surface area contributed by atoms with Crippen molar-refractivity contribution in [3.63, 3.8) is 0 Å². The van der Waals surface area contributed by atoms with E-state index in [9.17, 15) is 4.79 Å². The number of piperazine rings is 1. The second-order valence-corrected chi connectivity index (χ2v) is 8.93. The number of pyridine rings is 1. The van der Waals surface area contributed by atoms with E-state index in [1.807, 2.05) is 55.5 Å². The molecule has 5 rings (SSSR count). The van der Waals surface area contributed by atoms with Gasteiger partial charge in [0.15, 0.2) is 0 Å². The molecule has 0 bridgehead atoms. The number of carbonyl (C=O) groups excluding carboxylic acids is 1. The van der Waals surface area contributed by atoms with Gasteiger partial charge in [-0.2, -0.15) is 0 Å². The maximum Gasteiger partial charge on any atom is 0.254 e. The summed E-state index contributed by atoms with van der Waals surface area (Å²) in [5.74, 6) is 0.810. The minimum absolute atomic E-state index is 0.0676. The number of amides is 1. The molecule has 2 aromatic carbocycles. The van der Waals surface area contributed by atoms with Gasteiger partial charge >= 0.3 is 0 Å². The van der Waals surface area contributed by atoms with Crippen molar-refractivity contribution >= 4 is 5.91 Å². The van der Waals surface area contributed by atoms with Crippen molar-refractivity contribution in [3.05, 3.63) is 83.7 Å². The lowest BCUT2D eigenvalue weighted by Crippen LogP contribution is -2.49. The molecule has 1 aliphatic heterocycles. The zero-order chi connectivity index (χ0) is 22.8. The third kappa shape index (κ3) is 4.36. The Morgan fingerprint density at radius 2 is 1.79 bits per heavy atom. The third-order valence-corrected chi connectivity index (χ3v) is 6.50. The summed E-state index contributed by atoms with van der Waals surface area (Å²) >= 11 is 0. The summed E-state index contributed by atoms with van der Waals surface area (Å²) in [5, 5.41) is 0. The first-order valence-electron chi connectivity index (χ1n) is 11.6. The highest BCUT2D eigenvalue weighted by atomic mass is 16.5. The zero-order valence-corrected chi connectivity index (χ0v) is 19.3. The molecule has 1 unspecified atom stereocenters. The van der Waals surface area contributed by atoms with E-state index >= 15 is 0 Å². The number of nitrogens with zero attached hydrogens (tertiary/aromatic N) is 4. The molecule has 6 heteroatoms. The van der Waals surface area contributed by atoms with Gasteiger partial charge in [-0.25, -0.2) is 0 Å². The first-order valence-corrected chi connectivity index (χ1v) is 11.6. The molecule has 6 nitrogen and oxygen atoms in total. The monoisotopic (exact) mass is 442 g/mol. The van der Waals surface area contributed by atoms with Gasteiger partial charge in [-0.1, -0.05) is 36.4 Å². The van der Waals surface area contributed by atoms with Gasteiger partial charge in [0, 0.05) is 50.0 Å². The van der Waals surface area contributed by atoms with Crippen LogP contribution in [-0.2, 0) is 0 Å². The van der Waals surface area contributed by atoms with Crippen molar-refractivity contribution in [1.82, 2.24) is 19.7 Å². The molecule has 170 valence electrons. The number of fused-ring (bicyclic) bond motifs is 3. The van der Waals surface area contributed by atoms with Gasteiger partial charge in [-0.05, 0) is 49.5 Å². The van der Waals surface area contributed by atoms with E-state index < -0.39 is 0 Å². The maximum absolute atomic E-state index is 13.2. The molecule has 0 spiro atoms. The number of carbonyl (C=O) groups is 1. The fourth-order valence-corrected chi connectivity index (χ4v) is 4.79. The summed E-state index contributed by atoms with van der Waals surface area (Å²) in [6, 6.07) is 20.4. The normalized spacial score (nSPS) is 17.7. The smallest absolute Gasteiger partial charge is 0.254 e. The van der Waals surface area contributed by atoms with Crippen LogP contribution in [0.4, 0.5) is 0 Å². The van der Waals surface area contributed by atoms with Gasteiger partial charge in [0.05, 0.1) is 11.7 Å². The fraction of sp³-hybridized carbons (Fsp3) is 0.333. The lowest BCUT2D eigenvalue weighted by molar-refractivity contribution is 0.0597. The highest BCUT2D eigenvalue weighted by Gasteiger charge is 2.36. The minimum Gasteiger partial charge on any atom is -0.492 e. The van der Waals surface area contributed by atoms with Crippen LogP contribution in [0.15, 0.2) is 66.9 Å². The van der Waals surface area contributed by atoms with Gasteiger partial charge < -0.3 is 14.5 Å². The van der Waals surface area contributed by atoms with Crippen molar-refractivity contribution in [3.8, 4) is 16.9 Å². The Morgan fingerprint density at radius 1 is 1.00 bits per heavy atom. The quantitative estimate of drug-likeness (QED) is 0.584. The van der Waals surface area contributed by atoms with E-state index in [0.29, 0.717) is 25.3 Å². The highest BCUT2D eigenvalue weighted by Crippen LogP contribution is 2.45. The molecule has 1 saturated heterocycles. The number of ether oxygens (including phenoxy) is 1. The van der Waals surface area contributed by atoms with E-state index in [1.54, 1.807) is 0 Å². The van der Waals surface area contributed by atoms with Crippen LogP contribution < -0.4 is 4.74 Å². The molecule has 1 amide bonds. The van der Waals surface area contributed by atoms with Gasteiger partial charge in [-0.3, -0.25) is 14.7 Å². The number of benzene rings is 2. The Balaban J connectivity index is 1.26. The van der Waals surface area contributed by atoms with Gasteiger partial charge in [0.2, 0.25) is 0 Å². The minimum atomic E-state index is 0.0676. The first-order chi connectivity index (χ1) is 16.1. The molecule has 2 heterocycles. The van der Waals surface area contributed by atoms with E-state index in [4.69, 9.17) is 9.72 Å². The molecule has 1 aromatic heterocycles. The Kier molecular flexibility index (Phi) is 6.11. The Morgan fingerprint density at radius 3 is 2.61 bits per heavy atom. The summed E-state index contributed by atoms with van der Waals surface area (Å²) in [7, 11) is 4.03. The molecule has 3 aromatic rings. The van der Waals surface area contributed by atoms with Crippen molar-refractivity contribution in [2.45, 2.75) is 6.04 Å². The molecule has 0 radical (unpaired) electrons. The van der Waals surface area contributed by atoms with E-state index in [0.717, 1.165) is 31.1 Å². The Labute approximate surface area is 195 Å². The van der Waals surface area contributed by atoms with Crippen LogP contribution >= 0.6 is 0 Å². The largest absolute Gasteiger partial charge is 0.492 e. The van der Waals surface area contributed by atoms with Gasteiger partial charge in [-0.15, -0.1) is 0 Å². The standard InChI is InChI=1S/C27H30N4O2/c1-29(2)17-18-33-21-8-5-7-20(19-21)27(32)31-15-13-30(14-16-31)26-24-10-4-3-9-22(24)23-11-6-12-28-25(23)26/h3-12,19,26H,13-18H2,1-2H3. The topological polar surface area (TPSA) is 48.9 Å². The van der Waals surface area contributed by atoms with Crippen LogP contribution in [0, 0.1) is 0 Å². The molecular formula is C27H30N4O2. The zero-order valence-electron chi connectivity index (χ0n) is 19.3. The Bertz CT molecular complexity index is 1090. The molecule has 0 N–H and O–H groups in total. The van der Waals surface area contributed by atoms with Gasteiger partial charge in [0.25, 0.3) is 5.91 Å². The summed E-state index contributed by atoms with van der Waals surface area (Å²) < 4.78 is 5.82. The molecule has 2 aliphatic rings. The summed E-state index contributed by atoms with van der Waals surface area (Å²) in [5.41, 5.74) is 5.62. The van der Waals surface area contributed by atoms with Crippen molar-refractivity contribution in [2.24, 2.45) is 0 Å². The predicted molar refractivity (Wildman–Crippen MR) is 129 cm³/mol. The molecular weight excluding hydrogens is 412 g/mol. The van der Waals surface area contributed by atoms with Crippen LogP contribution in [0.25, 0.3) is 11.1 Å². The van der Waals surface area contributed by atoms with Crippen LogP contribution in [0.5, 0.6) is 5.75 Å². The third-order valence-electron chi connectivity index (χ3n) is 6.50. The number of aromatic nitrogens is 1. The Hall–Kier alpha value is -3.22. The van der Waals surface area contributed by atoms with Crippen molar-refractivity contribution < 1.29 is 9.53 Å². The number of hydrogen-bond donors (Lipinski definition) is 0. The molecule has 1 aliphatic carbocycles. The van der Waals surface area contributed by atoms with Crippen LogP contribution in [-0.4, -0.2) is 79.0 Å². The second kappa shape index (κ2) is 9.33. The van der Waals surface area contributed by atoms with Crippen molar-refractivity contribution in [2.75, 3.05) is 53.4 Å². The van der Waals surface area contributed by atoms with Crippen molar-refractivity contribution in [1.29, 1.82) is 0 Å². The SMILES string of the molecule is CN(C)CCOc1cccc(C(=O)N2CCN(C3c4ccccc4-c4cccnc43)CC2)c1. The van der Waals surface area contributed by atoms with E-state index in [1.165, 1.54) is 16.7 Å². The number of rotatable bonds is 6. The fourth-order valence-electron chi connectivity index (χ4n) is 4.79. The van der Waals surface area contributed by atoms with Gasteiger partial charge in [0.1, 0.15) is 12.4 Å².